The maximum Gasteiger partial charge on any atom is 0.322 e. The molecule has 1 heterocycles. The number of carbonyl (C=O) groups is 3. The Morgan fingerprint density at radius 2 is 1.87 bits per heavy atom. The van der Waals surface area contributed by atoms with Crippen molar-refractivity contribution in [1.29, 1.82) is 0 Å². The third-order valence-electron chi connectivity index (χ3n) is 4.41. The summed E-state index contributed by atoms with van der Waals surface area (Å²) in [6, 6.07) is 7.86. The van der Waals surface area contributed by atoms with Gasteiger partial charge in [-0.05, 0) is 35.7 Å². The van der Waals surface area contributed by atoms with Crippen molar-refractivity contribution in [2.45, 2.75) is 24.1 Å². The van der Waals surface area contributed by atoms with E-state index in [0.29, 0.717) is 6.42 Å². The average Bonchev–Trinajstić information content (AvgIpc) is 3.04. The van der Waals surface area contributed by atoms with Crippen molar-refractivity contribution < 1.29 is 32.6 Å². The fourth-order valence-corrected chi connectivity index (χ4v) is 3.70. The average molecular weight is 436 g/mol. The SMILES string of the molecule is COC(=O)C(N)Cc1ccc(Oc2ccc(CC3SC(=O)NC3=O)cc2)c(F)c1F. The van der Waals surface area contributed by atoms with Crippen molar-refractivity contribution in [2.24, 2.45) is 5.73 Å². The van der Waals surface area contributed by atoms with Crippen molar-refractivity contribution >= 4 is 28.9 Å². The van der Waals surface area contributed by atoms with Gasteiger partial charge in [0.2, 0.25) is 11.7 Å². The van der Waals surface area contributed by atoms with Crippen LogP contribution in [0.25, 0.3) is 0 Å². The number of benzene rings is 2. The summed E-state index contributed by atoms with van der Waals surface area (Å²) < 4.78 is 38.6. The largest absolute Gasteiger partial charge is 0.468 e. The Kier molecular flexibility index (Phi) is 6.68. The number of halogens is 2. The van der Waals surface area contributed by atoms with E-state index < -0.39 is 28.9 Å². The molecule has 10 heteroatoms. The maximum absolute atomic E-state index is 14.4. The number of methoxy groups -OCH3 is 1. The highest BCUT2D eigenvalue weighted by Crippen LogP contribution is 2.29. The number of hydrogen-bond donors (Lipinski definition) is 2. The summed E-state index contributed by atoms with van der Waals surface area (Å²) in [6.07, 6.45) is 0.125. The number of nitrogens with two attached hydrogens (primary N) is 1. The number of ether oxygens (including phenoxy) is 2. The Hall–Kier alpha value is -2.98. The van der Waals surface area contributed by atoms with E-state index in [1.54, 1.807) is 24.3 Å². The third-order valence-corrected chi connectivity index (χ3v) is 5.39. The van der Waals surface area contributed by atoms with Crippen molar-refractivity contribution in [2.75, 3.05) is 7.11 Å². The van der Waals surface area contributed by atoms with Crippen LogP contribution in [0, 0.1) is 11.6 Å². The number of imide groups is 1. The van der Waals surface area contributed by atoms with Crippen LogP contribution < -0.4 is 15.8 Å². The first-order valence-electron chi connectivity index (χ1n) is 8.87. The lowest BCUT2D eigenvalue weighted by Crippen LogP contribution is -2.34. The van der Waals surface area contributed by atoms with Gasteiger partial charge in [0, 0.05) is 6.42 Å². The summed E-state index contributed by atoms with van der Waals surface area (Å²) in [4.78, 5) is 34.2. The summed E-state index contributed by atoms with van der Waals surface area (Å²) in [6.45, 7) is 0. The standard InChI is InChI=1S/C20H18F2N2O5S/c1-28-19(26)13(23)9-11-4-7-14(17(22)16(11)21)29-12-5-2-10(3-6-12)8-15-18(25)24-20(27)30-15/h2-7,13,15H,8-9,23H2,1H3,(H,24,25,27). The van der Waals surface area contributed by atoms with Gasteiger partial charge in [-0.15, -0.1) is 0 Å². The minimum absolute atomic E-state index is 0.0741. The van der Waals surface area contributed by atoms with Gasteiger partial charge in [0.05, 0.1) is 12.4 Å². The summed E-state index contributed by atoms with van der Waals surface area (Å²) in [5.74, 6) is -3.49. The van der Waals surface area contributed by atoms with E-state index in [1.807, 2.05) is 0 Å². The Bertz CT molecular complexity index is 984. The van der Waals surface area contributed by atoms with Gasteiger partial charge in [-0.3, -0.25) is 19.7 Å². The van der Waals surface area contributed by atoms with E-state index in [9.17, 15) is 23.2 Å². The van der Waals surface area contributed by atoms with E-state index in [4.69, 9.17) is 10.5 Å². The van der Waals surface area contributed by atoms with Crippen LogP contribution in [0.15, 0.2) is 36.4 Å². The van der Waals surface area contributed by atoms with Crippen molar-refractivity contribution in [3.05, 3.63) is 59.2 Å². The highest BCUT2D eigenvalue weighted by molar-refractivity contribution is 8.15. The van der Waals surface area contributed by atoms with Crippen LogP contribution in [0.5, 0.6) is 11.5 Å². The monoisotopic (exact) mass is 436 g/mol. The van der Waals surface area contributed by atoms with Gasteiger partial charge >= 0.3 is 5.97 Å². The molecule has 1 fully saturated rings. The number of thioether (sulfide) groups is 1. The Labute approximate surface area is 174 Å². The quantitative estimate of drug-likeness (QED) is 0.643. The first-order valence-corrected chi connectivity index (χ1v) is 9.75. The summed E-state index contributed by atoms with van der Waals surface area (Å²) in [7, 11) is 1.15. The Balaban J connectivity index is 1.67. The predicted molar refractivity (Wildman–Crippen MR) is 105 cm³/mol. The highest BCUT2D eigenvalue weighted by Gasteiger charge is 2.31. The molecule has 158 valence electrons. The van der Waals surface area contributed by atoms with Crippen molar-refractivity contribution in [1.82, 2.24) is 5.32 Å². The second kappa shape index (κ2) is 9.23. The first kappa shape index (κ1) is 21.7. The smallest absolute Gasteiger partial charge is 0.322 e. The molecular formula is C20H18F2N2O5S. The van der Waals surface area contributed by atoms with Gasteiger partial charge in [-0.25, -0.2) is 4.39 Å². The van der Waals surface area contributed by atoms with Crippen molar-refractivity contribution in [3.8, 4) is 11.5 Å². The lowest BCUT2D eigenvalue weighted by molar-refractivity contribution is -0.142. The lowest BCUT2D eigenvalue weighted by Gasteiger charge is -2.13. The maximum atomic E-state index is 14.4. The van der Waals surface area contributed by atoms with E-state index in [1.165, 1.54) is 12.1 Å². The van der Waals surface area contributed by atoms with Gasteiger partial charge in [0.25, 0.3) is 5.24 Å². The molecule has 0 spiro atoms. The fourth-order valence-electron chi connectivity index (χ4n) is 2.84. The summed E-state index contributed by atoms with van der Waals surface area (Å²) >= 11 is 0.927. The van der Waals surface area contributed by atoms with Crippen LogP contribution in [0.2, 0.25) is 0 Å². The zero-order valence-corrected chi connectivity index (χ0v) is 16.6. The van der Waals surface area contributed by atoms with Crippen LogP contribution in [0.4, 0.5) is 13.6 Å². The molecule has 2 amide bonds. The highest BCUT2D eigenvalue weighted by atomic mass is 32.2. The second-order valence-corrected chi connectivity index (χ2v) is 7.69. The number of esters is 1. The van der Waals surface area contributed by atoms with E-state index in [2.05, 4.69) is 10.1 Å². The van der Waals surface area contributed by atoms with Crippen LogP contribution >= 0.6 is 11.8 Å². The first-order chi connectivity index (χ1) is 14.3. The van der Waals surface area contributed by atoms with Crippen LogP contribution in [-0.4, -0.2) is 35.5 Å². The molecule has 0 aliphatic carbocycles. The van der Waals surface area contributed by atoms with Crippen LogP contribution in [0.1, 0.15) is 11.1 Å². The molecular weight excluding hydrogens is 418 g/mol. The van der Waals surface area contributed by atoms with Gasteiger partial charge in [-0.2, -0.15) is 4.39 Å². The Morgan fingerprint density at radius 1 is 1.17 bits per heavy atom. The summed E-state index contributed by atoms with van der Waals surface area (Å²) in [5.41, 5.74) is 6.30. The van der Waals surface area contributed by atoms with Gasteiger partial charge in [0.15, 0.2) is 11.6 Å². The molecule has 2 aromatic carbocycles. The normalized spacial score (nSPS) is 16.9. The van der Waals surface area contributed by atoms with Crippen molar-refractivity contribution in [3.63, 3.8) is 0 Å². The Morgan fingerprint density at radius 3 is 2.47 bits per heavy atom. The van der Waals surface area contributed by atoms with Gasteiger partial charge < -0.3 is 15.2 Å². The molecule has 0 bridgehead atoms. The molecule has 0 radical (unpaired) electrons. The molecule has 3 rings (SSSR count). The topological polar surface area (TPSA) is 108 Å². The minimum atomic E-state index is -1.20. The number of amides is 2. The van der Waals surface area contributed by atoms with E-state index >= 15 is 0 Å². The molecule has 2 atom stereocenters. The van der Waals surface area contributed by atoms with Crippen LogP contribution in [0.3, 0.4) is 0 Å². The van der Waals surface area contributed by atoms with E-state index in [-0.39, 0.29) is 34.6 Å². The zero-order chi connectivity index (χ0) is 21.8. The molecule has 2 unspecified atom stereocenters. The number of carbonyl (C=O) groups excluding carboxylic acids is 3. The molecule has 1 aliphatic heterocycles. The zero-order valence-electron chi connectivity index (χ0n) is 15.8. The molecule has 7 nitrogen and oxygen atoms in total. The van der Waals surface area contributed by atoms with Gasteiger partial charge in [-0.1, -0.05) is 30.0 Å². The molecule has 0 saturated carbocycles. The molecule has 0 aromatic heterocycles. The fraction of sp³-hybridized carbons (Fsp3) is 0.250. The van der Waals surface area contributed by atoms with Gasteiger partial charge in [0.1, 0.15) is 11.8 Å². The molecule has 3 N–H and O–H groups in total. The van der Waals surface area contributed by atoms with E-state index in [0.717, 1.165) is 24.4 Å². The summed E-state index contributed by atoms with van der Waals surface area (Å²) in [5, 5.41) is 1.34. The lowest BCUT2D eigenvalue weighted by atomic mass is 10.1. The predicted octanol–water partition coefficient (Wildman–Crippen LogP) is 2.69. The molecule has 2 aromatic rings. The number of hydrogen-bond acceptors (Lipinski definition) is 7. The molecule has 30 heavy (non-hydrogen) atoms. The minimum Gasteiger partial charge on any atom is -0.468 e. The molecule has 1 saturated heterocycles. The number of nitrogens with one attached hydrogen (secondary N) is 1. The second-order valence-electron chi connectivity index (χ2n) is 6.52. The van der Waals surface area contributed by atoms with Crippen LogP contribution in [-0.2, 0) is 27.2 Å². The molecule has 1 aliphatic rings. The number of rotatable bonds is 7. The third kappa shape index (κ3) is 4.95.